The number of halogens is 6. The first-order valence-corrected chi connectivity index (χ1v) is 8.92. The van der Waals surface area contributed by atoms with Gasteiger partial charge in [-0.15, -0.1) is 0 Å². The first-order chi connectivity index (χ1) is 11.8. The molecule has 2 rings (SSSR count). The van der Waals surface area contributed by atoms with Crippen LogP contribution in [0.25, 0.3) is 0 Å². The molecule has 11 heteroatoms. The first-order valence-electron chi connectivity index (χ1n) is 7.43. The molecule has 0 aromatic rings. The number of hydrogen-bond acceptors (Lipinski definition) is 4. The van der Waals surface area contributed by atoms with E-state index in [-0.39, 0.29) is 18.8 Å². The second kappa shape index (κ2) is 6.91. The lowest BCUT2D eigenvalue weighted by atomic mass is 10.0. The quantitative estimate of drug-likeness (QED) is 0.667. The number of allylic oxidation sites excluding steroid dienone is 4. The summed E-state index contributed by atoms with van der Waals surface area (Å²) in [5, 5.41) is 0. The van der Waals surface area contributed by atoms with Gasteiger partial charge < -0.3 is 9.47 Å². The maximum atomic E-state index is 13.9. The molecule has 0 amide bonds. The van der Waals surface area contributed by atoms with E-state index in [4.69, 9.17) is 4.74 Å². The first kappa shape index (κ1) is 20.8. The molecule has 26 heavy (non-hydrogen) atoms. The Morgan fingerprint density at radius 2 is 1.81 bits per heavy atom. The lowest BCUT2D eigenvalue weighted by Gasteiger charge is -2.33. The average molecular weight is 406 g/mol. The molecule has 1 fully saturated rings. The molecule has 0 N–H and O–H groups in total. The zero-order chi connectivity index (χ0) is 19.8. The predicted molar refractivity (Wildman–Crippen MR) is 79.7 cm³/mol. The van der Waals surface area contributed by atoms with E-state index in [0.29, 0.717) is 6.08 Å². The largest absolute Gasteiger partial charge is 0.501 e. The van der Waals surface area contributed by atoms with E-state index < -0.39 is 63.5 Å². The molecule has 1 aliphatic carbocycles. The molecule has 148 valence electrons. The minimum absolute atomic E-state index is 0.271. The summed E-state index contributed by atoms with van der Waals surface area (Å²) in [5.41, 5.74) is -7.74. The lowest BCUT2D eigenvalue weighted by molar-refractivity contribution is -0.153. The second-order valence-corrected chi connectivity index (χ2v) is 8.18. The molecule has 0 spiro atoms. The second-order valence-electron chi connectivity index (χ2n) is 6.18. The van der Waals surface area contributed by atoms with E-state index in [2.05, 4.69) is 11.3 Å². The van der Waals surface area contributed by atoms with Gasteiger partial charge in [-0.25, -0.2) is 21.6 Å². The monoisotopic (exact) mass is 406 g/mol. The highest BCUT2D eigenvalue weighted by molar-refractivity contribution is 7.96. The van der Waals surface area contributed by atoms with Crippen LogP contribution >= 0.6 is 0 Å². The van der Waals surface area contributed by atoms with Crippen LogP contribution in [0.3, 0.4) is 0 Å². The molecule has 1 heterocycles. The summed E-state index contributed by atoms with van der Waals surface area (Å²) in [6.45, 7) is 2.26. The van der Waals surface area contributed by atoms with Crippen LogP contribution in [0, 0.1) is 0 Å². The fraction of sp³-hybridized carbons (Fsp3) is 0.600. The fourth-order valence-electron chi connectivity index (χ4n) is 2.30. The molecular weight excluding hydrogens is 390 g/mol. The Balaban J connectivity index is 2.35. The van der Waals surface area contributed by atoms with Crippen molar-refractivity contribution in [1.82, 2.24) is 0 Å². The number of hydrogen-bond donors (Lipinski definition) is 0. The van der Waals surface area contributed by atoms with Crippen LogP contribution in [0.1, 0.15) is 19.3 Å². The average Bonchev–Trinajstić information content (AvgIpc) is 2.50. The topological polar surface area (TPSA) is 52.6 Å². The molecule has 0 aromatic carbocycles. The van der Waals surface area contributed by atoms with Gasteiger partial charge in [0, 0.05) is 12.8 Å². The molecule has 1 saturated heterocycles. The van der Waals surface area contributed by atoms with Crippen molar-refractivity contribution in [3.05, 3.63) is 35.0 Å². The van der Waals surface area contributed by atoms with Crippen molar-refractivity contribution in [1.29, 1.82) is 0 Å². The van der Waals surface area contributed by atoms with Gasteiger partial charge in [-0.3, -0.25) is 0 Å². The Kier molecular flexibility index (Phi) is 5.54. The lowest BCUT2D eigenvalue weighted by Crippen LogP contribution is -2.49. The summed E-state index contributed by atoms with van der Waals surface area (Å²) >= 11 is 0. The van der Waals surface area contributed by atoms with Gasteiger partial charge >= 0.3 is 5.51 Å². The van der Waals surface area contributed by atoms with Crippen molar-refractivity contribution >= 4 is 9.84 Å². The van der Waals surface area contributed by atoms with Gasteiger partial charge in [-0.2, -0.15) is 13.2 Å². The van der Waals surface area contributed by atoms with Gasteiger partial charge in [0.15, 0.2) is 5.67 Å². The zero-order valence-electron chi connectivity index (χ0n) is 13.4. The van der Waals surface area contributed by atoms with Crippen LogP contribution in [-0.4, -0.2) is 45.3 Å². The molecule has 0 aromatic heterocycles. The summed E-state index contributed by atoms with van der Waals surface area (Å²) in [5.74, 6) is -3.90. The van der Waals surface area contributed by atoms with Gasteiger partial charge in [-0.05, 0) is 24.1 Å². The molecular formula is C15H16F6O4S. The number of sulfone groups is 1. The highest BCUT2D eigenvalue weighted by Gasteiger charge is 2.48. The Bertz CT molecular complexity index is 732. The van der Waals surface area contributed by atoms with Crippen LogP contribution in [0.5, 0.6) is 0 Å². The maximum Gasteiger partial charge on any atom is 0.501 e. The number of alkyl halides is 6. The highest BCUT2D eigenvalue weighted by atomic mass is 32.2. The molecule has 0 bridgehead atoms. The molecule has 4 nitrogen and oxygen atoms in total. The zero-order valence-corrected chi connectivity index (χ0v) is 14.2. The van der Waals surface area contributed by atoms with Gasteiger partial charge in [-0.1, -0.05) is 6.58 Å². The normalized spacial score (nSPS) is 27.7. The third-order valence-electron chi connectivity index (χ3n) is 3.84. The van der Waals surface area contributed by atoms with E-state index in [1.54, 1.807) is 0 Å². The van der Waals surface area contributed by atoms with Crippen molar-refractivity contribution in [3.8, 4) is 0 Å². The third-order valence-corrected chi connectivity index (χ3v) is 5.48. The summed E-state index contributed by atoms with van der Waals surface area (Å²) in [7, 11) is -5.78. The van der Waals surface area contributed by atoms with Gasteiger partial charge in [0.2, 0.25) is 0 Å². The molecule has 0 atom stereocenters. The summed E-state index contributed by atoms with van der Waals surface area (Å²) < 4.78 is 113. The van der Waals surface area contributed by atoms with Crippen molar-refractivity contribution in [2.75, 3.05) is 19.8 Å². The summed E-state index contributed by atoms with van der Waals surface area (Å²) in [6, 6.07) is 0. The molecule has 0 radical (unpaired) electrons. The predicted octanol–water partition coefficient (Wildman–Crippen LogP) is 3.82. The van der Waals surface area contributed by atoms with Crippen molar-refractivity contribution < 1.29 is 44.2 Å². The van der Waals surface area contributed by atoms with E-state index in [0.717, 1.165) is 6.08 Å². The van der Waals surface area contributed by atoms with E-state index in [1.807, 2.05) is 0 Å². The standard InChI is InChI=1S/C15H16F6O4S/c1-10-6-14(17,18)5-4-11(26(22,23)15(19,20)21)2-3-12(10)25-9-13(16)7-24-8-13/h2-3H,1,4-9H2/b11-2+,12-3+. The van der Waals surface area contributed by atoms with E-state index in [9.17, 15) is 34.8 Å². The molecule has 1 aliphatic heterocycles. The van der Waals surface area contributed by atoms with E-state index >= 15 is 0 Å². The molecule has 0 unspecified atom stereocenters. The van der Waals surface area contributed by atoms with Crippen LogP contribution in [0.2, 0.25) is 0 Å². The van der Waals surface area contributed by atoms with Crippen LogP contribution in [-0.2, 0) is 19.3 Å². The molecule has 2 aliphatic rings. The molecule has 0 saturated carbocycles. The Hall–Kier alpha value is -1.49. The Labute approximate surface area is 146 Å². The van der Waals surface area contributed by atoms with Gasteiger partial charge in [0.1, 0.15) is 12.4 Å². The maximum absolute atomic E-state index is 13.9. The van der Waals surface area contributed by atoms with Crippen molar-refractivity contribution in [2.24, 2.45) is 0 Å². The van der Waals surface area contributed by atoms with E-state index in [1.165, 1.54) is 0 Å². The minimum Gasteiger partial charge on any atom is -0.490 e. The van der Waals surface area contributed by atoms with Crippen LogP contribution in [0.4, 0.5) is 26.3 Å². The van der Waals surface area contributed by atoms with Crippen LogP contribution < -0.4 is 0 Å². The smallest absolute Gasteiger partial charge is 0.490 e. The fourth-order valence-corrected chi connectivity index (χ4v) is 3.22. The van der Waals surface area contributed by atoms with Crippen LogP contribution in [0.15, 0.2) is 35.0 Å². The Morgan fingerprint density at radius 3 is 2.31 bits per heavy atom. The highest BCUT2D eigenvalue weighted by Crippen LogP contribution is 2.38. The van der Waals surface area contributed by atoms with Crippen molar-refractivity contribution in [2.45, 2.75) is 36.4 Å². The van der Waals surface area contributed by atoms with Gasteiger partial charge in [0.25, 0.3) is 15.8 Å². The van der Waals surface area contributed by atoms with Gasteiger partial charge in [0.05, 0.1) is 18.1 Å². The third kappa shape index (κ3) is 4.61. The summed E-state index contributed by atoms with van der Waals surface area (Å²) in [4.78, 5) is -1.22. The number of ether oxygens (including phenoxy) is 2. The Morgan fingerprint density at radius 1 is 1.19 bits per heavy atom. The number of rotatable bonds is 4. The summed E-state index contributed by atoms with van der Waals surface area (Å²) in [6.07, 6.45) is -1.73. The van der Waals surface area contributed by atoms with Crippen molar-refractivity contribution in [3.63, 3.8) is 0 Å². The minimum atomic E-state index is -5.78. The SMILES string of the molecule is C=C1CC(F)(F)CC/C(S(=O)(=O)C(F)(F)F)=C\C=C/1OCC1(F)COC1.